The van der Waals surface area contributed by atoms with Gasteiger partial charge in [0.2, 0.25) is 0 Å². The largest absolute Gasteiger partial charge is 0.397 e. The van der Waals surface area contributed by atoms with Crippen molar-refractivity contribution < 1.29 is 0 Å². The number of rotatable bonds is 3. The molecule has 3 heteroatoms. The smallest absolute Gasteiger partial charge is 0.0633 e. The minimum Gasteiger partial charge on any atom is -0.397 e. The van der Waals surface area contributed by atoms with Crippen LogP contribution in [-0.2, 0) is 0 Å². The van der Waals surface area contributed by atoms with Crippen LogP contribution in [0, 0.1) is 0 Å². The number of hydrogen-bond donors (Lipinski definition) is 2. The predicted molar refractivity (Wildman–Crippen MR) is 91.0 cm³/mol. The first-order valence-corrected chi connectivity index (χ1v) is 7.08. The van der Waals surface area contributed by atoms with Crippen LogP contribution >= 0.6 is 11.6 Å². The highest BCUT2D eigenvalue weighted by Crippen LogP contribution is 2.32. The van der Waals surface area contributed by atoms with Crippen molar-refractivity contribution in [3.8, 4) is 11.1 Å². The van der Waals surface area contributed by atoms with E-state index in [2.05, 4.69) is 23.5 Å². The summed E-state index contributed by atoms with van der Waals surface area (Å²) in [6, 6.07) is 23.8. The normalized spacial score (nSPS) is 10.3. The molecule has 0 unspecified atom stereocenters. The maximum atomic E-state index is 6.04. The maximum absolute atomic E-state index is 6.04. The number of para-hydroxylation sites is 1. The zero-order valence-electron chi connectivity index (χ0n) is 11.4. The Kier molecular flexibility index (Phi) is 3.80. The highest BCUT2D eigenvalue weighted by atomic mass is 35.5. The number of nitrogens with two attached hydrogens (primary N) is 1. The Labute approximate surface area is 129 Å². The molecule has 0 fully saturated rings. The summed E-state index contributed by atoms with van der Waals surface area (Å²) in [6.45, 7) is 0. The lowest BCUT2D eigenvalue weighted by atomic mass is 10.0. The molecule has 0 radical (unpaired) electrons. The molecule has 3 aromatic rings. The summed E-state index contributed by atoms with van der Waals surface area (Å²) in [6.07, 6.45) is 0. The Hall–Kier alpha value is -2.45. The molecule has 0 saturated carbocycles. The molecule has 0 aliphatic carbocycles. The third kappa shape index (κ3) is 3.01. The SMILES string of the molecule is Nc1ccc(Cl)cc1Nc1ccccc1-c1ccccc1. The summed E-state index contributed by atoms with van der Waals surface area (Å²) in [7, 11) is 0. The third-order valence-corrected chi connectivity index (χ3v) is 3.53. The van der Waals surface area contributed by atoms with E-state index in [4.69, 9.17) is 17.3 Å². The Balaban J connectivity index is 2.02. The van der Waals surface area contributed by atoms with Gasteiger partial charge in [-0.3, -0.25) is 0 Å². The van der Waals surface area contributed by atoms with Gasteiger partial charge in [0.15, 0.2) is 0 Å². The fourth-order valence-electron chi connectivity index (χ4n) is 2.24. The van der Waals surface area contributed by atoms with E-state index in [-0.39, 0.29) is 0 Å². The van der Waals surface area contributed by atoms with Crippen LogP contribution in [0.5, 0.6) is 0 Å². The van der Waals surface area contributed by atoms with Crippen LogP contribution in [0.4, 0.5) is 17.1 Å². The molecule has 0 atom stereocenters. The zero-order valence-corrected chi connectivity index (χ0v) is 12.1. The van der Waals surface area contributed by atoms with Crippen molar-refractivity contribution in [3.05, 3.63) is 77.8 Å². The van der Waals surface area contributed by atoms with Crippen molar-refractivity contribution in [3.63, 3.8) is 0 Å². The summed E-state index contributed by atoms with van der Waals surface area (Å²) in [5.74, 6) is 0. The van der Waals surface area contributed by atoms with Gasteiger partial charge in [-0.25, -0.2) is 0 Å². The van der Waals surface area contributed by atoms with Crippen LogP contribution in [0.25, 0.3) is 11.1 Å². The van der Waals surface area contributed by atoms with Crippen LogP contribution in [0.15, 0.2) is 72.8 Å². The van der Waals surface area contributed by atoms with Crippen molar-refractivity contribution in [1.82, 2.24) is 0 Å². The number of hydrogen-bond acceptors (Lipinski definition) is 2. The van der Waals surface area contributed by atoms with Gasteiger partial charge in [-0.05, 0) is 29.8 Å². The van der Waals surface area contributed by atoms with Crippen LogP contribution in [0.3, 0.4) is 0 Å². The fraction of sp³-hybridized carbons (Fsp3) is 0. The molecule has 3 aromatic carbocycles. The second kappa shape index (κ2) is 5.90. The van der Waals surface area contributed by atoms with Gasteiger partial charge in [-0.1, -0.05) is 60.1 Å². The lowest BCUT2D eigenvalue weighted by Gasteiger charge is -2.14. The monoisotopic (exact) mass is 294 g/mol. The summed E-state index contributed by atoms with van der Waals surface area (Å²) >= 11 is 6.04. The van der Waals surface area contributed by atoms with Crippen molar-refractivity contribution in [2.75, 3.05) is 11.1 Å². The first-order valence-electron chi connectivity index (χ1n) is 6.70. The van der Waals surface area contributed by atoms with Crippen LogP contribution in [-0.4, -0.2) is 0 Å². The third-order valence-electron chi connectivity index (χ3n) is 3.30. The molecule has 2 nitrogen and oxygen atoms in total. The van der Waals surface area contributed by atoms with E-state index in [1.165, 1.54) is 0 Å². The molecule has 0 aromatic heterocycles. The van der Waals surface area contributed by atoms with Crippen molar-refractivity contribution >= 4 is 28.7 Å². The highest BCUT2D eigenvalue weighted by Gasteiger charge is 2.06. The predicted octanol–water partition coefficient (Wildman–Crippen LogP) is 5.33. The molecular formula is C18H15ClN2. The lowest BCUT2D eigenvalue weighted by Crippen LogP contribution is -1.97. The highest BCUT2D eigenvalue weighted by molar-refractivity contribution is 6.31. The molecule has 3 rings (SSSR count). The minimum absolute atomic E-state index is 0.656. The second-order valence-electron chi connectivity index (χ2n) is 4.77. The summed E-state index contributed by atoms with van der Waals surface area (Å²) in [4.78, 5) is 0. The van der Waals surface area contributed by atoms with Gasteiger partial charge in [0.1, 0.15) is 0 Å². The number of nitrogen functional groups attached to an aromatic ring is 1. The molecular weight excluding hydrogens is 280 g/mol. The standard InChI is InChI=1S/C18H15ClN2/c19-14-10-11-16(20)18(12-14)21-17-9-5-4-8-15(17)13-6-2-1-3-7-13/h1-12,21H,20H2. The number of anilines is 3. The molecule has 0 spiro atoms. The maximum Gasteiger partial charge on any atom is 0.0633 e. The fourth-order valence-corrected chi connectivity index (χ4v) is 2.42. The average Bonchev–Trinajstić information content (AvgIpc) is 2.52. The van der Waals surface area contributed by atoms with E-state index in [1.54, 1.807) is 12.1 Å². The summed E-state index contributed by atoms with van der Waals surface area (Å²) in [5.41, 5.74) is 10.8. The van der Waals surface area contributed by atoms with E-state index in [0.29, 0.717) is 10.7 Å². The first kappa shape index (κ1) is 13.5. The van der Waals surface area contributed by atoms with Gasteiger partial charge in [-0.2, -0.15) is 0 Å². The van der Waals surface area contributed by atoms with Gasteiger partial charge in [-0.15, -0.1) is 0 Å². The molecule has 0 aliphatic heterocycles. The summed E-state index contributed by atoms with van der Waals surface area (Å²) in [5, 5.41) is 4.03. The van der Waals surface area contributed by atoms with Gasteiger partial charge in [0, 0.05) is 16.3 Å². The van der Waals surface area contributed by atoms with Crippen LogP contribution in [0.2, 0.25) is 5.02 Å². The molecule has 3 N–H and O–H groups in total. The lowest BCUT2D eigenvalue weighted by molar-refractivity contribution is 1.53. The molecule has 0 aliphatic rings. The number of halogens is 1. The van der Waals surface area contributed by atoms with E-state index < -0.39 is 0 Å². The Bertz CT molecular complexity index is 754. The van der Waals surface area contributed by atoms with Crippen molar-refractivity contribution in [2.24, 2.45) is 0 Å². The summed E-state index contributed by atoms with van der Waals surface area (Å²) < 4.78 is 0. The minimum atomic E-state index is 0.656. The van der Waals surface area contributed by atoms with Crippen molar-refractivity contribution in [1.29, 1.82) is 0 Å². The van der Waals surface area contributed by atoms with Gasteiger partial charge < -0.3 is 11.1 Å². The van der Waals surface area contributed by atoms with Crippen LogP contribution in [0.1, 0.15) is 0 Å². The quantitative estimate of drug-likeness (QED) is 0.640. The van der Waals surface area contributed by atoms with Crippen LogP contribution < -0.4 is 11.1 Å². The second-order valence-corrected chi connectivity index (χ2v) is 5.20. The number of benzene rings is 3. The zero-order chi connectivity index (χ0) is 14.7. The van der Waals surface area contributed by atoms with Crippen molar-refractivity contribution in [2.45, 2.75) is 0 Å². The molecule has 21 heavy (non-hydrogen) atoms. The van der Waals surface area contributed by atoms with E-state index in [1.807, 2.05) is 42.5 Å². The van der Waals surface area contributed by atoms with Gasteiger partial charge in [0.25, 0.3) is 0 Å². The molecule has 0 amide bonds. The molecule has 0 saturated heterocycles. The Morgan fingerprint density at radius 3 is 2.29 bits per heavy atom. The van der Waals surface area contributed by atoms with Gasteiger partial charge in [0.05, 0.1) is 11.4 Å². The Morgan fingerprint density at radius 2 is 1.48 bits per heavy atom. The molecule has 0 bridgehead atoms. The van der Waals surface area contributed by atoms with E-state index >= 15 is 0 Å². The number of nitrogens with one attached hydrogen (secondary N) is 1. The van der Waals surface area contributed by atoms with E-state index in [9.17, 15) is 0 Å². The first-order chi connectivity index (χ1) is 10.2. The molecule has 104 valence electrons. The van der Waals surface area contributed by atoms with E-state index in [0.717, 1.165) is 22.5 Å². The molecule has 0 heterocycles. The topological polar surface area (TPSA) is 38.0 Å². The van der Waals surface area contributed by atoms with Gasteiger partial charge >= 0.3 is 0 Å². The Morgan fingerprint density at radius 1 is 0.762 bits per heavy atom. The average molecular weight is 295 g/mol.